The van der Waals surface area contributed by atoms with Gasteiger partial charge in [0, 0.05) is 5.69 Å². The lowest BCUT2D eigenvalue weighted by atomic mass is 9.81. The van der Waals surface area contributed by atoms with E-state index in [0.717, 1.165) is 0 Å². The highest BCUT2D eigenvalue weighted by Gasteiger charge is 2.47. The van der Waals surface area contributed by atoms with Crippen molar-refractivity contribution in [2.75, 3.05) is 5.73 Å². The molecule has 0 heterocycles. The number of carboxylic acids is 2. The molecule has 0 radical (unpaired) electrons. The van der Waals surface area contributed by atoms with E-state index in [1.807, 2.05) is 0 Å². The van der Waals surface area contributed by atoms with Crippen molar-refractivity contribution >= 4 is 17.6 Å². The van der Waals surface area contributed by atoms with Crippen LogP contribution in [0.1, 0.15) is 12.5 Å². The van der Waals surface area contributed by atoms with E-state index in [2.05, 4.69) is 0 Å². The maximum absolute atomic E-state index is 13.5. The summed E-state index contributed by atoms with van der Waals surface area (Å²) in [5.41, 5.74) is 1.13. The smallest absolute Gasteiger partial charge is 0.325 e. The number of nitrogen functional groups attached to an aromatic ring is 1. The zero-order chi connectivity index (χ0) is 13.4. The maximum atomic E-state index is 13.5. The summed E-state index contributed by atoms with van der Waals surface area (Å²) in [6.07, 6.45) is 0. The lowest BCUT2D eigenvalue weighted by Crippen LogP contribution is -2.42. The van der Waals surface area contributed by atoms with Crippen LogP contribution in [0.4, 0.5) is 14.5 Å². The number of halogens is 2. The van der Waals surface area contributed by atoms with Crippen molar-refractivity contribution in [3.63, 3.8) is 0 Å². The number of aliphatic carboxylic acids is 2. The van der Waals surface area contributed by atoms with Crippen molar-refractivity contribution in [1.29, 1.82) is 0 Å². The molecule has 92 valence electrons. The monoisotopic (exact) mass is 245 g/mol. The molecule has 0 spiro atoms. The van der Waals surface area contributed by atoms with Crippen LogP contribution in [0.2, 0.25) is 0 Å². The number of nitrogens with two attached hydrogens (primary N) is 1. The van der Waals surface area contributed by atoms with Crippen molar-refractivity contribution in [1.82, 2.24) is 0 Å². The predicted octanol–water partition coefficient (Wildman–Crippen LogP) is 0.974. The Morgan fingerprint density at radius 1 is 1.18 bits per heavy atom. The Morgan fingerprint density at radius 3 is 1.82 bits per heavy atom. The van der Waals surface area contributed by atoms with Gasteiger partial charge in [-0.3, -0.25) is 9.59 Å². The van der Waals surface area contributed by atoms with E-state index >= 15 is 0 Å². The van der Waals surface area contributed by atoms with Crippen molar-refractivity contribution in [3.05, 3.63) is 29.3 Å². The van der Waals surface area contributed by atoms with Gasteiger partial charge in [0.15, 0.2) is 5.41 Å². The molecule has 0 saturated carbocycles. The molecule has 0 aromatic heterocycles. The van der Waals surface area contributed by atoms with Gasteiger partial charge in [0.25, 0.3) is 0 Å². The fourth-order valence-electron chi connectivity index (χ4n) is 1.38. The van der Waals surface area contributed by atoms with Crippen LogP contribution in [0.5, 0.6) is 0 Å². The van der Waals surface area contributed by atoms with Crippen LogP contribution < -0.4 is 5.73 Å². The lowest BCUT2D eigenvalue weighted by Gasteiger charge is -2.21. The average molecular weight is 245 g/mol. The van der Waals surface area contributed by atoms with E-state index in [-0.39, 0.29) is 5.69 Å². The van der Waals surface area contributed by atoms with Crippen molar-refractivity contribution in [3.8, 4) is 0 Å². The van der Waals surface area contributed by atoms with Gasteiger partial charge in [-0.1, -0.05) is 0 Å². The molecule has 7 heteroatoms. The molecule has 5 nitrogen and oxygen atoms in total. The van der Waals surface area contributed by atoms with Crippen LogP contribution in [0.15, 0.2) is 12.1 Å². The predicted molar refractivity (Wildman–Crippen MR) is 53.4 cm³/mol. The number of carboxylic acid groups (broad SMARTS) is 2. The molecule has 0 bridgehead atoms. The molecule has 0 aliphatic carbocycles. The Bertz CT molecular complexity index is 464. The van der Waals surface area contributed by atoms with E-state index in [1.54, 1.807) is 0 Å². The summed E-state index contributed by atoms with van der Waals surface area (Å²) in [5, 5.41) is 17.7. The average Bonchev–Trinajstić information content (AvgIpc) is 2.14. The fourth-order valence-corrected chi connectivity index (χ4v) is 1.38. The highest BCUT2D eigenvalue weighted by molar-refractivity contribution is 6.04. The first-order valence-electron chi connectivity index (χ1n) is 4.43. The highest BCUT2D eigenvalue weighted by Crippen LogP contribution is 2.31. The Kier molecular flexibility index (Phi) is 3.03. The van der Waals surface area contributed by atoms with Gasteiger partial charge >= 0.3 is 11.9 Å². The molecule has 1 rings (SSSR count). The third kappa shape index (κ3) is 1.91. The molecule has 0 aliphatic rings. The summed E-state index contributed by atoms with van der Waals surface area (Å²) in [7, 11) is 0. The van der Waals surface area contributed by atoms with Crippen LogP contribution in [0.25, 0.3) is 0 Å². The molecule has 17 heavy (non-hydrogen) atoms. The summed E-state index contributed by atoms with van der Waals surface area (Å²) in [5.74, 6) is -6.36. The Morgan fingerprint density at radius 2 is 1.53 bits per heavy atom. The van der Waals surface area contributed by atoms with Gasteiger partial charge in [0.2, 0.25) is 0 Å². The summed E-state index contributed by atoms with van der Waals surface area (Å²) in [6.45, 7) is 0.704. The van der Waals surface area contributed by atoms with Gasteiger partial charge < -0.3 is 15.9 Å². The molecule has 1 aromatic rings. The van der Waals surface area contributed by atoms with Crippen LogP contribution in [-0.4, -0.2) is 22.2 Å². The molecule has 4 N–H and O–H groups in total. The number of hydrogen-bond acceptors (Lipinski definition) is 3. The van der Waals surface area contributed by atoms with E-state index in [0.29, 0.717) is 19.1 Å². The number of carbonyl (C=O) groups is 2. The van der Waals surface area contributed by atoms with E-state index in [9.17, 15) is 18.4 Å². The normalized spacial score (nSPS) is 11.2. The van der Waals surface area contributed by atoms with Gasteiger partial charge in [-0.25, -0.2) is 8.78 Å². The number of hydrogen-bond donors (Lipinski definition) is 3. The van der Waals surface area contributed by atoms with Crippen molar-refractivity contribution in [2.45, 2.75) is 12.3 Å². The second-order valence-electron chi connectivity index (χ2n) is 3.59. The fraction of sp³-hybridized carbons (Fsp3) is 0.200. The molecule has 0 atom stereocenters. The van der Waals surface area contributed by atoms with Gasteiger partial charge in [0.05, 0.1) is 5.56 Å². The first kappa shape index (κ1) is 12.9. The molecular weight excluding hydrogens is 236 g/mol. The molecule has 0 saturated heterocycles. The van der Waals surface area contributed by atoms with Crippen molar-refractivity contribution < 1.29 is 28.6 Å². The van der Waals surface area contributed by atoms with Crippen molar-refractivity contribution in [2.24, 2.45) is 0 Å². The van der Waals surface area contributed by atoms with E-state index in [4.69, 9.17) is 15.9 Å². The highest BCUT2D eigenvalue weighted by atomic mass is 19.1. The summed E-state index contributed by atoms with van der Waals surface area (Å²) < 4.78 is 27.0. The second kappa shape index (κ2) is 4.00. The molecule has 0 amide bonds. The SMILES string of the molecule is CC(C(=O)O)(C(=O)O)c1c(F)cc(N)cc1F. The van der Waals surface area contributed by atoms with Crippen LogP contribution in [0.3, 0.4) is 0 Å². The molecule has 1 aromatic carbocycles. The quantitative estimate of drug-likeness (QED) is 0.544. The molecule has 0 aliphatic heterocycles. The van der Waals surface area contributed by atoms with Gasteiger partial charge in [0.1, 0.15) is 11.6 Å². The lowest BCUT2D eigenvalue weighted by molar-refractivity contribution is -0.156. The molecule has 0 fully saturated rings. The number of rotatable bonds is 3. The minimum Gasteiger partial charge on any atom is -0.480 e. The Balaban J connectivity index is 3.61. The van der Waals surface area contributed by atoms with Gasteiger partial charge in [-0.2, -0.15) is 0 Å². The molecule has 0 unspecified atom stereocenters. The zero-order valence-corrected chi connectivity index (χ0v) is 8.70. The van der Waals surface area contributed by atoms with Crippen LogP contribution in [0, 0.1) is 11.6 Å². The largest absolute Gasteiger partial charge is 0.480 e. The second-order valence-corrected chi connectivity index (χ2v) is 3.59. The third-order valence-electron chi connectivity index (χ3n) is 2.42. The van der Waals surface area contributed by atoms with Gasteiger partial charge in [-0.15, -0.1) is 0 Å². The van der Waals surface area contributed by atoms with Gasteiger partial charge in [-0.05, 0) is 19.1 Å². The van der Waals surface area contributed by atoms with Crippen LogP contribution >= 0.6 is 0 Å². The maximum Gasteiger partial charge on any atom is 0.325 e. The number of anilines is 1. The molecular formula is C10H9F2NO4. The third-order valence-corrected chi connectivity index (χ3v) is 2.42. The zero-order valence-electron chi connectivity index (χ0n) is 8.70. The topological polar surface area (TPSA) is 101 Å². The van der Waals surface area contributed by atoms with E-state index in [1.165, 1.54) is 0 Å². The first-order valence-corrected chi connectivity index (χ1v) is 4.43. The first-order chi connectivity index (χ1) is 7.71. The van der Waals surface area contributed by atoms with E-state index < -0.39 is 34.6 Å². The summed E-state index contributed by atoms with van der Waals surface area (Å²) >= 11 is 0. The standard InChI is InChI=1S/C10H9F2NO4/c1-10(8(14)15,9(16)17)7-5(11)2-4(13)3-6(7)12/h2-3H,13H2,1H3,(H,14,15)(H,16,17). The Labute approximate surface area is 94.5 Å². The number of benzene rings is 1. The summed E-state index contributed by atoms with van der Waals surface area (Å²) in [6, 6.07) is 1.34. The summed E-state index contributed by atoms with van der Waals surface area (Å²) in [4.78, 5) is 21.8. The minimum atomic E-state index is -2.71. The Hall–Kier alpha value is -2.18. The minimum absolute atomic E-state index is 0.262. The van der Waals surface area contributed by atoms with Crippen LogP contribution in [-0.2, 0) is 15.0 Å².